The highest BCUT2D eigenvalue weighted by Gasteiger charge is 2.30. The number of carbonyl (C=O) groups excluding carboxylic acids is 1. The van der Waals surface area contributed by atoms with Crippen molar-refractivity contribution in [3.05, 3.63) is 17.0 Å². The van der Waals surface area contributed by atoms with Gasteiger partial charge in [0.15, 0.2) is 0 Å². The van der Waals surface area contributed by atoms with Crippen LogP contribution in [0.2, 0.25) is 0 Å². The maximum atomic E-state index is 12.5. The molecule has 0 amide bonds. The Bertz CT molecular complexity index is 614. The molecule has 1 aromatic rings. The van der Waals surface area contributed by atoms with E-state index >= 15 is 0 Å². The van der Waals surface area contributed by atoms with Gasteiger partial charge in [-0.15, -0.1) is 11.3 Å². The Morgan fingerprint density at radius 3 is 2.60 bits per heavy atom. The maximum absolute atomic E-state index is 12.5. The Kier molecular flexibility index (Phi) is 5.68. The fraction of sp³-hybridized carbons (Fsp3) is 0.500. The van der Waals surface area contributed by atoms with Gasteiger partial charge in [0.05, 0.1) is 6.61 Å². The number of sulfonamides is 1. The summed E-state index contributed by atoms with van der Waals surface area (Å²) in [5, 5.41) is 8.76. The fourth-order valence-electron chi connectivity index (χ4n) is 1.51. The Balaban J connectivity index is 3.07. The van der Waals surface area contributed by atoms with Gasteiger partial charge in [-0.3, -0.25) is 4.79 Å². The fourth-order valence-corrected chi connectivity index (χ4v) is 4.33. The molecule has 0 unspecified atom stereocenters. The van der Waals surface area contributed by atoms with Crippen molar-refractivity contribution in [3.63, 3.8) is 0 Å². The average Bonchev–Trinajstić information content (AvgIpc) is 2.85. The van der Waals surface area contributed by atoms with Crippen molar-refractivity contribution >= 4 is 27.3 Å². The zero-order valence-corrected chi connectivity index (χ0v) is 13.1. The molecule has 0 radical (unpaired) electrons. The van der Waals surface area contributed by atoms with Crippen molar-refractivity contribution in [2.24, 2.45) is 0 Å². The van der Waals surface area contributed by atoms with Crippen LogP contribution in [0.1, 0.15) is 25.6 Å². The number of rotatable bonds is 6. The molecule has 0 fully saturated rings. The van der Waals surface area contributed by atoms with Gasteiger partial charge < -0.3 is 4.74 Å². The molecule has 1 aromatic heterocycles. The van der Waals surface area contributed by atoms with E-state index in [1.807, 2.05) is 6.07 Å². The Morgan fingerprint density at radius 1 is 1.50 bits per heavy atom. The van der Waals surface area contributed by atoms with Gasteiger partial charge in [-0.2, -0.15) is 9.57 Å². The molecule has 6 nitrogen and oxygen atoms in total. The molecule has 0 aliphatic rings. The SMILES string of the molecule is CCOC(=O)CN(C(C)C)S(=O)(=O)c1ccc(C#N)s1. The van der Waals surface area contributed by atoms with Crippen LogP contribution in [0.5, 0.6) is 0 Å². The molecular weight excluding hydrogens is 300 g/mol. The van der Waals surface area contributed by atoms with E-state index in [0.717, 1.165) is 15.6 Å². The molecule has 0 atom stereocenters. The molecule has 110 valence electrons. The van der Waals surface area contributed by atoms with Gasteiger partial charge in [-0.1, -0.05) is 0 Å². The molecule has 8 heteroatoms. The standard InChI is InChI=1S/C12H16N2O4S2/c1-4-18-11(15)8-14(9(2)3)20(16,17)12-6-5-10(7-13)19-12/h5-6,9H,4,8H2,1-3H3. The first-order valence-corrected chi connectivity index (χ1v) is 8.26. The first-order chi connectivity index (χ1) is 9.32. The third kappa shape index (κ3) is 3.79. The second-order valence-electron chi connectivity index (χ2n) is 4.18. The predicted molar refractivity (Wildman–Crippen MR) is 74.7 cm³/mol. The van der Waals surface area contributed by atoms with Crippen molar-refractivity contribution in [2.75, 3.05) is 13.2 Å². The smallest absolute Gasteiger partial charge is 0.321 e. The normalized spacial score (nSPS) is 11.6. The number of nitrogens with zero attached hydrogens (tertiary/aromatic N) is 2. The number of nitriles is 1. The first kappa shape index (κ1) is 16.6. The van der Waals surface area contributed by atoms with Crippen molar-refractivity contribution in [3.8, 4) is 6.07 Å². The lowest BCUT2D eigenvalue weighted by atomic mass is 10.4. The maximum Gasteiger partial charge on any atom is 0.321 e. The molecule has 0 saturated carbocycles. The second kappa shape index (κ2) is 6.83. The zero-order chi connectivity index (χ0) is 15.3. The van der Waals surface area contributed by atoms with E-state index in [4.69, 9.17) is 10.00 Å². The predicted octanol–water partition coefficient (Wildman–Crippen LogP) is 1.58. The monoisotopic (exact) mass is 316 g/mol. The minimum absolute atomic E-state index is 0.0482. The summed E-state index contributed by atoms with van der Waals surface area (Å²) in [6.45, 7) is 4.87. The lowest BCUT2D eigenvalue weighted by Gasteiger charge is -2.24. The Labute approximate surface area is 122 Å². The van der Waals surface area contributed by atoms with Gasteiger partial charge in [-0.25, -0.2) is 8.42 Å². The van der Waals surface area contributed by atoms with E-state index in [-0.39, 0.29) is 17.4 Å². The molecule has 0 N–H and O–H groups in total. The lowest BCUT2D eigenvalue weighted by molar-refractivity contribution is -0.143. The molecule has 0 aliphatic carbocycles. The topological polar surface area (TPSA) is 87.5 Å². The Hall–Kier alpha value is -1.43. The molecule has 1 rings (SSSR count). The summed E-state index contributed by atoms with van der Waals surface area (Å²) in [7, 11) is -3.80. The zero-order valence-electron chi connectivity index (χ0n) is 11.5. The van der Waals surface area contributed by atoms with E-state index in [0.29, 0.717) is 4.88 Å². The lowest BCUT2D eigenvalue weighted by Crippen LogP contribution is -2.40. The van der Waals surface area contributed by atoms with Crippen molar-refractivity contribution < 1.29 is 17.9 Å². The minimum Gasteiger partial charge on any atom is -0.465 e. The molecule has 0 bridgehead atoms. The summed E-state index contributed by atoms with van der Waals surface area (Å²) < 4.78 is 30.8. The molecule has 0 saturated heterocycles. The minimum atomic E-state index is -3.80. The van der Waals surface area contributed by atoms with Crippen LogP contribution < -0.4 is 0 Å². The van der Waals surface area contributed by atoms with E-state index in [2.05, 4.69) is 0 Å². The first-order valence-electron chi connectivity index (χ1n) is 6.00. The number of thiophene rings is 1. The van der Waals surface area contributed by atoms with E-state index in [1.54, 1.807) is 20.8 Å². The van der Waals surface area contributed by atoms with Gasteiger partial charge in [0, 0.05) is 6.04 Å². The molecular formula is C12H16N2O4S2. The number of carbonyl (C=O) groups is 1. The van der Waals surface area contributed by atoms with Crippen LogP contribution in [0.3, 0.4) is 0 Å². The van der Waals surface area contributed by atoms with E-state index in [9.17, 15) is 13.2 Å². The molecule has 20 heavy (non-hydrogen) atoms. The van der Waals surface area contributed by atoms with Crippen LogP contribution >= 0.6 is 11.3 Å². The van der Waals surface area contributed by atoms with Gasteiger partial charge >= 0.3 is 5.97 Å². The van der Waals surface area contributed by atoms with Gasteiger partial charge in [0.1, 0.15) is 21.7 Å². The van der Waals surface area contributed by atoms with Crippen LogP contribution in [-0.2, 0) is 19.6 Å². The van der Waals surface area contributed by atoms with Gasteiger partial charge in [0.2, 0.25) is 0 Å². The number of hydrogen-bond donors (Lipinski definition) is 0. The molecule has 0 aliphatic heterocycles. The second-order valence-corrected chi connectivity index (χ2v) is 7.38. The molecule has 1 heterocycles. The summed E-state index contributed by atoms with van der Waals surface area (Å²) >= 11 is 0.883. The largest absolute Gasteiger partial charge is 0.465 e. The summed E-state index contributed by atoms with van der Waals surface area (Å²) in [4.78, 5) is 11.8. The summed E-state index contributed by atoms with van der Waals surface area (Å²) in [6.07, 6.45) is 0. The van der Waals surface area contributed by atoms with E-state index < -0.39 is 22.0 Å². The highest BCUT2D eigenvalue weighted by molar-refractivity contribution is 7.91. The van der Waals surface area contributed by atoms with E-state index in [1.165, 1.54) is 12.1 Å². The molecule has 0 spiro atoms. The number of hydrogen-bond acceptors (Lipinski definition) is 6. The summed E-state index contributed by atoms with van der Waals surface area (Å²) in [5.41, 5.74) is 0. The van der Waals surface area contributed by atoms with Crippen LogP contribution in [0.15, 0.2) is 16.3 Å². The quantitative estimate of drug-likeness (QED) is 0.744. The van der Waals surface area contributed by atoms with Crippen molar-refractivity contribution in [2.45, 2.75) is 31.0 Å². The van der Waals surface area contributed by atoms with Crippen LogP contribution in [-0.4, -0.2) is 37.9 Å². The van der Waals surface area contributed by atoms with Crippen molar-refractivity contribution in [1.82, 2.24) is 4.31 Å². The third-order valence-corrected chi connectivity index (χ3v) is 5.90. The highest BCUT2D eigenvalue weighted by Crippen LogP contribution is 2.25. The van der Waals surface area contributed by atoms with Crippen LogP contribution in [0.4, 0.5) is 0 Å². The van der Waals surface area contributed by atoms with Crippen LogP contribution in [0, 0.1) is 11.3 Å². The highest BCUT2D eigenvalue weighted by atomic mass is 32.2. The van der Waals surface area contributed by atoms with Crippen molar-refractivity contribution in [1.29, 1.82) is 5.26 Å². The van der Waals surface area contributed by atoms with Gasteiger partial charge in [0.25, 0.3) is 10.0 Å². The summed E-state index contributed by atoms with van der Waals surface area (Å²) in [6, 6.07) is 4.32. The summed E-state index contributed by atoms with van der Waals surface area (Å²) in [5.74, 6) is -0.596. The van der Waals surface area contributed by atoms with Gasteiger partial charge in [-0.05, 0) is 32.9 Å². The number of ether oxygens (including phenoxy) is 1. The number of esters is 1. The Morgan fingerprint density at radius 2 is 2.15 bits per heavy atom. The molecule has 0 aromatic carbocycles. The average molecular weight is 316 g/mol. The van der Waals surface area contributed by atoms with Crippen LogP contribution in [0.25, 0.3) is 0 Å². The third-order valence-electron chi connectivity index (χ3n) is 2.42.